The molecule has 0 unspecified atom stereocenters. The molecular weight excluding hydrogens is 282 g/mol. The van der Waals surface area contributed by atoms with Crippen molar-refractivity contribution in [2.24, 2.45) is 0 Å². The Morgan fingerprint density at radius 2 is 2.29 bits per heavy atom. The number of hydrogen-bond acceptors (Lipinski definition) is 4. The van der Waals surface area contributed by atoms with Crippen molar-refractivity contribution in [3.8, 4) is 0 Å². The standard InChI is InChI=1S/C16H15N3OS/c20-10-14-16(17-15-3-1-2-7-18(14)15)19(13-4-5-13)9-12-6-8-21-11-12/h1-3,6-8,10-11,13H,4-5,9H2. The molecule has 0 amide bonds. The molecular formula is C16H15N3OS. The van der Waals surface area contributed by atoms with E-state index in [0.717, 1.165) is 24.3 Å². The van der Waals surface area contributed by atoms with Crippen LogP contribution in [-0.2, 0) is 6.54 Å². The van der Waals surface area contributed by atoms with E-state index in [1.807, 2.05) is 28.8 Å². The maximum atomic E-state index is 11.6. The van der Waals surface area contributed by atoms with Crippen LogP contribution in [0.15, 0.2) is 41.2 Å². The molecule has 3 aromatic heterocycles. The fourth-order valence-corrected chi connectivity index (χ4v) is 3.33. The summed E-state index contributed by atoms with van der Waals surface area (Å²) < 4.78 is 1.87. The SMILES string of the molecule is O=Cc1c(N(Cc2ccsc2)C2CC2)nc2ccccn12. The first-order chi connectivity index (χ1) is 10.4. The number of aromatic nitrogens is 2. The van der Waals surface area contributed by atoms with Crippen LogP contribution in [0.5, 0.6) is 0 Å². The highest BCUT2D eigenvalue weighted by atomic mass is 32.1. The van der Waals surface area contributed by atoms with E-state index >= 15 is 0 Å². The zero-order valence-electron chi connectivity index (χ0n) is 11.5. The molecule has 0 saturated heterocycles. The zero-order chi connectivity index (χ0) is 14.2. The van der Waals surface area contributed by atoms with Gasteiger partial charge in [-0.05, 0) is 47.4 Å². The van der Waals surface area contributed by atoms with E-state index in [2.05, 4.69) is 26.7 Å². The van der Waals surface area contributed by atoms with Crippen LogP contribution in [-0.4, -0.2) is 21.7 Å². The first-order valence-electron chi connectivity index (χ1n) is 7.07. The average molecular weight is 297 g/mol. The Morgan fingerprint density at radius 3 is 3.00 bits per heavy atom. The molecule has 3 aromatic rings. The number of rotatable bonds is 5. The van der Waals surface area contributed by atoms with E-state index in [9.17, 15) is 4.79 Å². The van der Waals surface area contributed by atoms with Gasteiger partial charge in [0, 0.05) is 18.8 Å². The molecule has 1 aliphatic rings. The molecule has 0 N–H and O–H groups in total. The third kappa shape index (κ3) is 2.23. The quantitative estimate of drug-likeness (QED) is 0.678. The first kappa shape index (κ1) is 12.6. The first-order valence-corrected chi connectivity index (χ1v) is 8.01. The summed E-state index contributed by atoms with van der Waals surface area (Å²) in [5.41, 5.74) is 2.75. The van der Waals surface area contributed by atoms with E-state index in [1.54, 1.807) is 11.3 Å². The van der Waals surface area contributed by atoms with Crippen molar-refractivity contribution in [1.29, 1.82) is 0 Å². The Kier molecular flexibility index (Phi) is 3.00. The number of carbonyl (C=O) groups excluding carboxylic acids is 1. The molecule has 21 heavy (non-hydrogen) atoms. The Hall–Kier alpha value is -2.14. The minimum atomic E-state index is 0.508. The van der Waals surface area contributed by atoms with Gasteiger partial charge in [-0.2, -0.15) is 11.3 Å². The lowest BCUT2D eigenvalue weighted by Crippen LogP contribution is -2.26. The van der Waals surface area contributed by atoms with Crippen LogP contribution >= 0.6 is 11.3 Å². The van der Waals surface area contributed by atoms with Gasteiger partial charge in [0.25, 0.3) is 0 Å². The van der Waals surface area contributed by atoms with E-state index < -0.39 is 0 Å². The number of thiophene rings is 1. The lowest BCUT2D eigenvalue weighted by Gasteiger charge is -2.22. The van der Waals surface area contributed by atoms with Crippen LogP contribution in [0, 0.1) is 0 Å². The molecule has 0 spiro atoms. The molecule has 0 aromatic carbocycles. The van der Waals surface area contributed by atoms with Crippen LogP contribution in [0.3, 0.4) is 0 Å². The summed E-state index contributed by atoms with van der Waals surface area (Å²) in [5.74, 6) is 0.810. The topological polar surface area (TPSA) is 37.6 Å². The van der Waals surface area contributed by atoms with E-state index in [4.69, 9.17) is 0 Å². The van der Waals surface area contributed by atoms with Crippen molar-refractivity contribution in [2.75, 3.05) is 4.90 Å². The van der Waals surface area contributed by atoms with Crippen LogP contribution in [0.4, 0.5) is 5.82 Å². The average Bonchev–Trinajstić information content (AvgIpc) is 3.10. The van der Waals surface area contributed by atoms with Gasteiger partial charge in [0.2, 0.25) is 0 Å². The van der Waals surface area contributed by atoms with Gasteiger partial charge in [0.1, 0.15) is 11.3 Å². The number of carbonyl (C=O) groups is 1. The van der Waals surface area contributed by atoms with Gasteiger partial charge >= 0.3 is 0 Å². The highest BCUT2D eigenvalue weighted by Crippen LogP contribution is 2.34. The van der Waals surface area contributed by atoms with Gasteiger partial charge in [-0.3, -0.25) is 9.20 Å². The highest BCUT2D eigenvalue weighted by molar-refractivity contribution is 7.07. The second-order valence-corrected chi connectivity index (χ2v) is 6.14. The monoisotopic (exact) mass is 297 g/mol. The number of hydrogen-bond donors (Lipinski definition) is 0. The maximum Gasteiger partial charge on any atom is 0.170 e. The Labute approximate surface area is 126 Å². The fraction of sp³-hybridized carbons (Fsp3) is 0.250. The molecule has 0 aliphatic heterocycles. The Bertz CT molecular complexity index is 774. The normalized spacial score (nSPS) is 14.5. The second-order valence-electron chi connectivity index (χ2n) is 5.36. The minimum absolute atomic E-state index is 0.508. The molecule has 1 saturated carbocycles. The van der Waals surface area contributed by atoms with E-state index in [1.165, 1.54) is 18.4 Å². The predicted molar refractivity (Wildman–Crippen MR) is 84.1 cm³/mol. The number of pyridine rings is 1. The molecule has 4 rings (SSSR count). The molecule has 1 fully saturated rings. The van der Waals surface area contributed by atoms with E-state index in [-0.39, 0.29) is 0 Å². The fourth-order valence-electron chi connectivity index (χ4n) is 2.67. The molecule has 4 nitrogen and oxygen atoms in total. The molecule has 1 aliphatic carbocycles. The van der Waals surface area contributed by atoms with Crippen LogP contribution in [0.2, 0.25) is 0 Å². The van der Waals surface area contributed by atoms with Gasteiger partial charge in [0.05, 0.1) is 0 Å². The Morgan fingerprint density at radius 1 is 1.38 bits per heavy atom. The summed E-state index contributed by atoms with van der Waals surface area (Å²) in [6.07, 6.45) is 5.16. The number of anilines is 1. The highest BCUT2D eigenvalue weighted by Gasteiger charge is 2.32. The van der Waals surface area contributed by atoms with E-state index in [0.29, 0.717) is 11.7 Å². The number of nitrogens with zero attached hydrogens (tertiary/aromatic N) is 3. The molecule has 0 bridgehead atoms. The van der Waals surface area contributed by atoms with Crippen LogP contribution in [0.1, 0.15) is 28.9 Å². The summed E-state index contributed by atoms with van der Waals surface area (Å²) in [7, 11) is 0. The van der Waals surface area contributed by atoms with Gasteiger partial charge < -0.3 is 4.90 Å². The van der Waals surface area contributed by atoms with Crippen molar-refractivity contribution in [1.82, 2.24) is 9.38 Å². The number of fused-ring (bicyclic) bond motifs is 1. The van der Waals surface area contributed by atoms with Crippen molar-refractivity contribution in [3.05, 3.63) is 52.5 Å². The third-order valence-electron chi connectivity index (χ3n) is 3.85. The van der Waals surface area contributed by atoms with Crippen LogP contribution in [0.25, 0.3) is 5.65 Å². The van der Waals surface area contributed by atoms with Crippen molar-refractivity contribution >= 4 is 29.1 Å². The summed E-state index contributed by atoms with van der Waals surface area (Å²) in [5, 5.41) is 4.25. The predicted octanol–water partition coefficient (Wildman–Crippen LogP) is 3.38. The van der Waals surface area contributed by atoms with Crippen molar-refractivity contribution < 1.29 is 4.79 Å². The summed E-state index contributed by atoms with van der Waals surface area (Å²) in [6, 6.07) is 8.45. The number of imidazole rings is 1. The smallest absolute Gasteiger partial charge is 0.170 e. The van der Waals surface area contributed by atoms with Crippen molar-refractivity contribution in [3.63, 3.8) is 0 Å². The summed E-state index contributed by atoms with van der Waals surface area (Å²) in [4.78, 5) is 18.5. The van der Waals surface area contributed by atoms with Crippen LogP contribution < -0.4 is 4.90 Å². The molecule has 0 radical (unpaired) electrons. The second kappa shape index (κ2) is 5.00. The summed E-state index contributed by atoms with van der Waals surface area (Å²) >= 11 is 1.70. The number of aldehydes is 1. The largest absolute Gasteiger partial charge is 0.347 e. The summed E-state index contributed by atoms with van der Waals surface area (Å²) in [6.45, 7) is 0.818. The van der Waals surface area contributed by atoms with Gasteiger partial charge in [-0.1, -0.05) is 6.07 Å². The third-order valence-corrected chi connectivity index (χ3v) is 4.58. The molecule has 5 heteroatoms. The molecule has 3 heterocycles. The van der Waals surface area contributed by atoms with Gasteiger partial charge in [0.15, 0.2) is 12.1 Å². The zero-order valence-corrected chi connectivity index (χ0v) is 12.3. The Balaban J connectivity index is 1.80. The molecule has 0 atom stereocenters. The van der Waals surface area contributed by atoms with Gasteiger partial charge in [-0.25, -0.2) is 4.98 Å². The lowest BCUT2D eigenvalue weighted by atomic mass is 10.3. The maximum absolute atomic E-state index is 11.6. The van der Waals surface area contributed by atoms with Gasteiger partial charge in [-0.15, -0.1) is 0 Å². The minimum Gasteiger partial charge on any atom is -0.347 e. The molecule has 106 valence electrons. The van der Waals surface area contributed by atoms with Crippen molar-refractivity contribution in [2.45, 2.75) is 25.4 Å². The lowest BCUT2D eigenvalue weighted by molar-refractivity contribution is 0.111.